The molecule has 1 atom stereocenters. The van der Waals surface area contributed by atoms with Crippen LogP contribution in [0, 0.1) is 0 Å². The smallest absolute Gasteiger partial charge is 0.268 e. The summed E-state index contributed by atoms with van der Waals surface area (Å²) in [6.45, 7) is 0. The Morgan fingerprint density at radius 3 is 2.50 bits per heavy atom. The topological polar surface area (TPSA) is 115 Å². The van der Waals surface area contributed by atoms with E-state index in [0.29, 0.717) is 0 Å². The Morgan fingerprint density at radius 2 is 2.10 bits per heavy atom. The van der Waals surface area contributed by atoms with Gasteiger partial charge >= 0.3 is 0 Å². The van der Waals surface area contributed by atoms with E-state index in [2.05, 4.69) is 15.3 Å². The summed E-state index contributed by atoms with van der Waals surface area (Å²) >= 11 is 5.50. The van der Waals surface area contributed by atoms with Crippen LogP contribution in [0.4, 0.5) is 0 Å². The molecule has 0 fully saturated rings. The highest BCUT2D eigenvalue weighted by molar-refractivity contribution is 6.25. The Hall–Kier alpha value is -1.01. The average Bonchev–Trinajstić information content (AvgIpc) is 1.54. The van der Waals surface area contributed by atoms with Gasteiger partial charge < -0.3 is 16.8 Å². The van der Waals surface area contributed by atoms with Gasteiger partial charge in [0.2, 0.25) is 11.9 Å². The third kappa shape index (κ3) is 1.49. The fraction of sp³-hybridized carbons (Fsp3) is 0.333. The normalized spacial score (nSPS) is 32.2. The maximum absolute atomic E-state index is 5.50. The van der Waals surface area contributed by atoms with E-state index in [1.54, 1.807) is 0 Å². The van der Waals surface area contributed by atoms with E-state index in [-0.39, 0.29) is 11.9 Å². The highest BCUT2D eigenvalue weighted by Crippen LogP contribution is 2.06. The molecule has 0 bridgehead atoms. The molecule has 7 N–H and O–H groups in total. The maximum Gasteiger partial charge on any atom is 0.268 e. The molecule has 6 nitrogen and oxygen atoms in total. The molecular formula is C3H7ClN6. The molecule has 1 aliphatic heterocycles. The summed E-state index contributed by atoms with van der Waals surface area (Å²) in [6, 6.07) is 0. The van der Waals surface area contributed by atoms with Crippen LogP contribution in [0.2, 0.25) is 0 Å². The van der Waals surface area contributed by atoms with E-state index in [1.807, 2.05) is 0 Å². The Balaban J connectivity index is 2.88. The summed E-state index contributed by atoms with van der Waals surface area (Å²) in [5, 5.41) is 0.941. The molecule has 1 rings (SSSR count). The van der Waals surface area contributed by atoms with Crippen molar-refractivity contribution in [3.05, 3.63) is 0 Å². The summed E-state index contributed by atoms with van der Waals surface area (Å²) in [4.78, 5) is 7.05. The lowest BCUT2D eigenvalue weighted by Gasteiger charge is -2.22. The number of halogens is 1. The van der Waals surface area contributed by atoms with Crippen molar-refractivity contribution in [3.8, 4) is 0 Å². The molecule has 1 heterocycles. The maximum atomic E-state index is 5.50. The van der Waals surface area contributed by atoms with Crippen LogP contribution in [0.25, 0.3) is 0 Å². The lowest BCUT2D eigenvalue weighted by Crippen LogP contribution is -2.56. The summed E-state index contributed by atoms with van der Waals surface area (Å²) in [5.41, 5.74) is 15.7. The van der Waals surface area contributed by atoms with Crippen molar-refractivity contribution < 1.29 is 0 Å². The van der Waals surface area contributed by atoms with Crippen LogP contribution in [-0.4, -0.2) is 17.2 Å². The molecule has 1 unspecified atom stereocenters. The second-order valence-electron chi connectivity index (χ2n) is 1.77. The van der Waals surface area contributed by atoms with Crippen LogP contribution in [0.1, 0.15) is 0 Å². The number of rotatable bonds is 0. The number of alkyl halides is 1. The number of aliphatic imine (C=N–C) groups is 2. The van der Waals surface area contributed by atoms with Gasteiger partial charge in [0, 0.05) is 0 Å². The molecule has 56 valence electrons. The largest absolute Gasteiger partial charge is 0.369 e. The van der Waals surface area contributed by atoms with Crippen LogP contribution in [0.15, 0.2) is 9.98 Å². The van der Waals surface area contributed by atoms with E-state index in [9.17, 15) is 0 Å². The molecule has 0 aliphatic carbocycles. The van der Waals surface area contributed by atoms with E-state index in [4.69, 9.17) is 28.8 Å². The number of nitrogens with one attached hydrogen (secondary N) is 1. The van der Waals surface area contributed by atoms with E-state index >= 15 is 0 Å². The first-order chi connectivity index (χ1) is 4.49. The quantitative estimate of drug-likeness (QED) is 0.244. The Bertz CT molecular complexity index is 205. The number of hydrogen-bond acceptors (Lipinski definition) is 6. The van der Waals surface area contributed by atoms with Crippen LogP contribution in [0.3, 0.4) is 0 Å². The molecule has 10 heavy (non-hydrogen) atoms. The number of hydrogen-bond donors (Lipinski definition) is 4. The van der Waals surface area contributed by atoms with E-state index in [1.165, 1.54) is 0 Å². The minimum absolute atomic E-state index is 0.0336. The number of nitrogens with zero attached hydrogens (tertiary/aromatic N) is 2. The molecule has 0 aromatic carbocycles. The lowest BCUT2D eigenvalue weighted by atomic mass is 10.7. The molecule has 0 saturated carbocycles. The molecule has 0 saturated heterocycles. The highest BCUT2D eigenvalue weighted by atomic mass is 35.5. The monoisotopic (exact) mass is 162 g/mol. The standard InChI is InChI=1S/C3H7ClN6/c4-3(7)9-1(5)8-2(6)10-3/h7H2,(H5,5,6,8,9,10). The fourth-order valence-corrected chi connectivity index (χ4v) is 0.734. The predicted octanol–water partition coefficient (Wildman–Crippen LogP) is -1.97. The van der Waals surface area contributed by atoms with Crippen molar-refractivity contribution in [3.63, 3.8) is 0 Å². The minimum atomic E-state index is -1.45. The second-order valence-corrected chi connectivity index (χ2v) is 2.34. The van der Waals surface area contributed by atoms with Gasteiger partial charge in [-0.1, -0.05) is 11.6 Å². The third-order valence-electron chi connectivity index (χ3n) is 0.816. The summed E-state index contributed by atoms with van der Waals surface area (Å²) in [7, 11) is 0. The predicted molar refractivity (Wildman–Crippen MR) is 39.2 cm³/mol. The van der Waals surface area contributed by atoms with Gasteiger partial charge in [0.15, 0.2) is 0 Å². The summed E-state index contributed by atoms with van der Waals surface area (Å²) < 4.78 is 0. The minimum Gasteiger partial charge on any atom is -0.369 e. The van der Waals surface area contributed by atoms with Gasteiger partial charge in [-0.2, -0.15) is 9.98 Å². The third-order valence-corrected chi connectivity index (χ3v) is 0.995. The van der Waals surface area contributed by atoms with Gasteiger partial charge in [-0.3, -0.25) is 5.73 Å². The summed E-state index contributed by atoms with van der Waals surface area (Å²) in [5.74, 6) is 0.0266. The first-order valence-electron chi connectivity index (χ1n) is 2.45. The molecule has 0 aromatic heterocycles. The molecule has 0 spiro atoms. The van der Waals surface area contributed by atoms with Gasteiger partial charge in [-0.15, -0.1) is 0 Å². The summed E-state index contributed by atoms with van der Waals surface area (Å²) in [6.07, 6.45) is 0. The van der Waals surface area contributed by atoms with Crippen molar-refractivity contribution in [1.82, 2.24) is 5.32 Å². The van der Waals surface area contributed by atoms with Crippen LogP contribution in [0.5, 0.6) is 0 Å². The van der Waals surface area contributed by atoms with Crippen molar-refractivity contribution >= 4 is 23.5 Å². The van der Waals surface area contributed by atoms with Gasteiger partial charge in [0.1, 0.15) is 0 Å². The van der Waals surface area contributed by atoms with Crippen LogP contribution < -0.4 is 22.5 Å². The van der Waals surface area contributed by atoms with Gasteiger partial charge in [-0.25, -0.2) is 0 Å². The van der Waals surface area contributed by atoms with Gasteiger partial charge in [0.25, 0.3) is 5.25 Å². The van der Waals surface area contributed by atoms with Crippen LogP contribution >= 0.6 is 11.6 Å². The zero-order valence-corrected chi connectivity index (χ0v) is 5.76. The van der Waals surface area contributed by atoms with Crippen molar-refractivity contribution in [1.29, 1.82) is 0 Å². The molecular weight excluding hydrogens is 156 g/mol. The van der Waals surface area contributed by atoms with Crippen LogP contribution in [-0.2, 0) is 0 Å². The van der Waals surface area contributed by atoms with Crippen molar-refractivity contribution in [2.75, 3.05) is 0 Å². The number of nitrogens with two attached hydrogens (primary N) is 3. The molecule has 1 aliphatic rings. The van der Waals surface area contributed by atoms with E-state index in [0.717, 1.165) is 0 Å². The molecule has 0 amide bonds. The molecule has 0 aromatic rings. The second kappa shape index (κ2) is 1.99. The lowest BCUT2D eigenvalue weighted by molar-refractivity contribution is 0.578. The Kier molecular flexibility index (Phi) is 1.42. The van der Waals surface area contributed by atoms with E-state index < -0.39 is 5.25 Å². The fourth-order valence-electron chi connectivity index (χ4n) is 0.551. The molecule has 7 heteroatoms. The first kappa shape index (κ1) is 7.10. The first-order valence-corrected chi connectivity index (χ1v) is 2.83. The van der Waals surface area contributed by atoms with Gasteiger partial charge in [-0.05, 0) is 0 Å². The molecule has 0 radical (unpaired) electrons. The van der Waals surface area contributed by atoms with Crippen molar-refractivity contribution in [2.24, 2.45) is 27.2 Å². The van der Waals surface area contributed by atoms with Gasteiger partial charge in [0.05, 0.1) is 0 Å². The Labute approximate surface area is 62.1 Å². The average molecular weight is 163 g/mol. The number of guanidine groups is 2. The highest BCUT2D eigenvalue weighted by Gasteiger charge is 2.24. The zero-order chi connectivity index (χ0) is 7.78. The van der Waals surface area contributed by atoms with Crippen molar-refractivity contribution in [2.45, 2.75) is 5.25 Å². The Morgan fingerprint density at radius 1 is 1.50 bits per heavy atom. The SMILES string of the molecule is NC1=NC(N)(Cl)NC(N)=N1. The zero-order valence-electron chi connectivity index (χ0n) is 5.00.